The van der Waals surface area contributed by atoms with E-state index >= 15 is 0 Å². The van der Waals surface area contributed by atoms with E-state index in [0.717, 1.165) is 42.4 Å². The summed E-state index contributed by atoms with van der Waals surface area (Å²) in [6, 6.07) is 26.6. The first kappa shape index (κ1) is 26.0. The first-order chi connectivity index (χ1) is 17.1. The first-order valence-electron chi connectivity index (χ1n) is 12.2. The monoisotopic (exact) mass is 473 g/mol. The highest BCUT2D eigenvalue weighted by Crippen LogP contribution is 2.21. The Morgan fingerprint density at radius 2 is 1.31 bits per heavy atom. The molecule has 0 heterocycles. The Balaban J connectivity index is 1.33. The molecule has 0 fully saturated rings. The number of benzene rings is 3. The summed E-state index contributed by atoms with van der Waals surface area (Å²) in [5.41, 5.74) is 11.1. The van der Waals surface area contributed by atoms with Crippen LogP contribution >= 0.6 is 0 Å². The number of hydrogen-bond donors (Lipinski definition) is 3. The lowest BCUT2D eigenvalue weighted by molar-refractivity contribution is -0.121. The van der Waals surface area contributed by atoms with Crippen LogP contribution in [0.2, 0.25) is 0 Å². The summed E-state index contributed by atoms with van der Waals surface area (Å²) in [4.78, 5) is 23.5. The molecule has 0 unspecified atom stereocenters. The van der Waals surface area contributed by atoms with Gasteiger partial charge in [-0.15, -0.1) is 0 Å². The van der Waals surface area contributed by atoms with Gasteiger partial charge in [-0.25, -0.2) is 4.79 Å². The fourth-order valence-electron chi connectivity index (χ4n) is 3.70. The second-order valence-electron chi connectivity index (χ2n) is 8.48. The van der Waals surface area contributed by atoms with Crippen molar-refractivity contribution in [1.82, 2.24) is 10.6 Å². The number of ether oxygens (including phenoxy) is 1. The van der Waals surface area contributed by atoms with Crippen molar-refractivity contribution < 1.29 is 14.3 Å². The Morgan fingerprint density at radius 1 is 0.686 bits per heavy atom. The van der Waals surface area contributed by atoms with E-state index in [9.17, 15) is 9.59 Å². The molecule has 0 aromatic heterocycles. The molecule has 0 saturated carbocycles. The van der Waals surface area contributed by atoms with E-state index in [2.05, 4.69) is 59.2 Å². The minimum absolute atomic E-state index is 0.0360. The zero-order chi connectivity index (χ0) is 24.7. The van der Waals surface area contributed by atoms with Crippen molar-refractivity contribution in [3.8, 4) is 11.1 Å². The number of carbonyl (C=O) groups is 2. The third-order valence-electron chi connectivity index (χ3n) is 5.72. The SMILES string of the molecule is NCCNC(=O)CCc1ccc(-c2ccc(CCCCNC(=O)OCc3ccccc3)cc2)cc1. The fourth-order valence-corrected chi connectivity index (χ4v) is 3.70. The van der Waals surface area contributed by atoms with Crippen LogP contribution in [0.4, 0.5) is 4.79 Å². The molecular weight excluding hydrogens is 438 g/mol. The smallest absolute Gasteiger partial charge is 0.407 e. The molecule has 0 aliphatic carbocycles. The van der Waals surface area contributed by atoms with Crippen LogP contribution in [0, 0.1) is 0 Å². The summed E-state index contributed by atoms with van der Waals surface area (Å²) >= 11 is 0. The van der Waals surface area contributed by atoms with Crippen LogP contribution in [0.5, 0.6) is 0 Å². The number of unbranched alkanes of at least 4 members (excludes halogenated alkanes) is 1. The lowest BCUT2D eigenvalue weighted by Gasteiger charge is -2.08. The number of hydrogen-bond acceptors (Lipinski definition) is 4. The van der Waals surface area contributed by atoms with Crippen molar-refractivity contribution in [3.63, 3.8) is 0 Å². The Labute approximate surface area is 207 Å². The zero-order valence-corrected chi connectivity index (χ0v) is 20.2. The average Bonchev–Trinajstić information content (AvgIpc) is 2.90. The standard InChI is InChI=1S/C29H35N3O3/c30-19-21-31-28(33)18-13-24-11-16-27(17-12-24)26-14-9-23(10-15-26)6-4-5-20-32-29(34)35-22-25-7-2-1-3-8-25/h1-3,7-12,14-17H,4-6,13,18-22,30H2,(H,31,33)(H,32,34). The van der Waals surface area contributed by atoms with Gasteiger partial charge in [-0.3, -0.25) is 4.79 Å². The number of nitrogens with two attached hydrogens (primary N) is 1. The molecule has 3 rings (SSSR count). The van der Waals surface area contributed by atoms with E-state index < -0.39 is 0 Å². The van der Waals surface area contributed by atoms with Gasteiger partial charge in [-0.05, 0) is 53.5 Å². The molecule has 184 valence electrons. The second kappa shape index (κ2) is 14.6. The molecule has 0 atom stereocenters. The highest BCUT2D eigenvalue weighted by Gasteiger charge is 2.04. The normalized spacial score (nSPS) is 10.5. The van der Waals surface area contributed by atoms with Crippen LogP contribution in [0.15, 0.2) is 78.9 Å². The van der Waals surface area contributed by atoms with E-state index in [1.807, 2.05) is 30.3 Å². The number of carbonyl (C=O) groups excluding carboxylic acids is 2. The minimum Gasteiger partial charge on any atom is -0.445 e. The molecule has 35 heavy (non-hydrogen) atoms. The van der Waals surface area contributed by atoms with Crippen molar-refractivity contribution in [2.24, 2.45) is 5.73 Å². The lowest BCUT2D eigenvalue weighted by Crippen LogP contribution is -2.29. The number of rotatable bonds is 13. The third kappa shape index (κ3) is 9.63. The quantitative estimate of drug-likeness (QED) is 0.316. The predicted molar refractivity (Wildman–Crippen MR) is 140 cm³/mol. The number of alkyl carbamates (subject to hydrolysis) is 1. The van der Waals surface area contributed by atoms with Crippen molar-refractivity contribution >= 4 is 12.0 Å². The summed E-state index contributed by atoms with van der Waals surface area (Å²) in [7, 11) is 0. The van der Waals surface area contributed by atoms with Gasteiger partial charge in [0.25, 0.3) is 0 Å². The summed E-state index contributed by atoms with van der Waals surface area (Å²) in [6.07, 6.45) is 3.67. The minimum atomic E-state index is -0.376. The van der Waals surface area contributed by atoms with Crippen molar-refractivity contribution in [2.75, 3.05) is 19.6 Å². The molecule has 0 radical (unpaired) electrons. The summed E-state index contributed by atoms with van der Waals surface area (Å²) in [6.45, 7) is 1.87. The van der Waals surface area contributed by atoms with Gasteiger partial charge < -0.3 is 21.1 Å². The van der Waals surface area contributed by atoms with Crippen LogP contribution in [0.3, 0.4) is 0 Å². The van der Waals surface area contributed by atoms with E-state index in [1.165, 1.54) is 11.1 Å². The number of aryl methyl sites for hydroxylation is 2. The molecule has 3 aromatic rings. The molecule has 0 saturated heterocycles. The second-order valence-corrected chi connectivity index (χ2v) is 8.48. The molecule has 0 aliphatic heterocycles. The maximum atomic E-state index is 11.8. The third-order valence-corrected chi connectivity index (χ3v) is 5.72. The number of nitrogens with one attached hydrogen (secondary N) is 2. The van der Waals surface area contributed by atoms with Crippen LogP contribution in [-0.4, -0.2) is 31.6 Å². The average molecular weight is 474 g/mol. The van der Waals surface area contributed by atoms with Gasteiger partial charge in [0, 0.05) is 26.1 Å². The highest BCUT2D eigenvalue weighted by molar-refractivity contribution is 5.76. The molecule has 6 heteroatoms. The largest absolute Gasteiger partial charge is 0.445 e. The predicted octanol–water partition coefficient (Wildman–Crippen LogP) is 4.61. The van der Waals surface area contributed by atoms with Gasteiger partial charge in [0.2, 0.25) is 5.91 Å². The molecule has 4 N–H and O–H groups in total. The highest BCUT2D eigenvalue weighted by atomic mass is 16.5. The fraction of sp³-hybridized carbons (Fsp3) is 0.310. The van der Waals surface area contributed by atoms with E-state index in [1.54, 1.807) is 0 Å². The van der Waals surface area contributed by atoms with Crippen LogP contribution in [0.1, 0.15) is 36.0 Å². The van der Waals surface area contributed by atoms with Gasteiger partial charge in [0.1, 0.15) is 6.61 Å². The van der Waals surface area contributed by atoms with Gasteiger partial charge in [-0.2, -0.15) is 0 Å². The Kier molecular flexibility index (Phi) is 10.8. The van der Waals surface area contributed by atoms with E-state index in [-0.39, 0.29) is 18.6 Å². The Hall–Kier alpha value is -3.64. The summed E-state index contributed by atoms with van der Waals surface area (Å²) < 4.78 is 5.22. The van der Waals surface area contributed by atoms with Gasteiger partial charge in [0.15, 0.2) is 0 Å². The maximum Gasteiger partial charge on any atom is 0.407 e. The molecular formula is C29H35N3O3. The van der Waals surface area contributed by atoms with Gasteiger partial charge >= 0.3 is 6.09 Å². The zero-order valence-electron chi connectivity index (χ0n) is 20.2. The Morgan fingerprint density at radius 3 is 1.94 bits per heavy atom. The molecule has 0 aliphatic rings. The molecule has 6 nitrogen and oxygen atoms in total. The molecule has 0 bridgehead atoms. The van der Waals surface area contributed by atoms with Crippen molar-refractivity contribution in [2.45, 2.75) is 38.7 Å². The van der Waals surface area contributed by atoms with Crippen LogP contribution in [-0.2, 0) is 29.0 Å². The van der Waals surface area contributed by atoms with Crippen molar-refractivity contribution in [3.05, 3.63) is 95.6 Å². The molecule has 3 aromatic carbocycles. The first-order valence-corrected chi connectivity index (χ1v) is 12.2. The molecule has 0 spiro atoms. The van der Waals surface area contributed by atoms with Crippen LogP contribution < -0.4 is 16.4 Å². The van der Waals surface area contributed by atoms with Gasteiger partial charge in [-0.1, -0.05) is 78.9 Å². The van der Waals surface area contributed by atoms with Gasteiger partial charge in [0.05, 0.1) is 0 Å². The molecule has 2 amide bonds. The topological polar surface area (TPSA) is 93.5 Å². The summed E-state index contributed by atoms with van der Waals surface area (Å²) in [5, 5.41) is 5.60. The Bertz CT molecular complexity index is 1040. The van der Waals surface area contributed by atoms with E-state index in [0.29, 0.717) is 26.1 Å². The number of amides is 2. The maximum absolute atomic E-state index is 11.8. The van der Waals surface area contributed by atoms with Crippen LogP contribution in [0.25, 0.3) is 11.1 Å². The lowest BCUT2D eigenvalue weighted by atomic mass is 9.99. The van der Waals surface area contributed by atoms with Crippen molar-refractivity contribution in [1.29, 1.82) is 0 Å². The summed E-state index contributed by atoms with van der Waals surface area (Å²) in [5.74, 6) is 0.0360. The van der Waals surface area contributed by atoms with E-state index in [4.69, 9.17) is 10.5 Å².